The number of rotatable bonds is 8. The summed E-state index contributed by atoms with van der Waals surface area (Å²) in [7, 11) is -1.39. The molecule has 3 N–H and O–H groups in total. The van der Waals surface area contributed by atoms with Crippen molar-refractivity contribution in [2.75, 3.05) is 19.4 Å². The summed E-state index contributed by atoms with van der Waals surface area (Å²) < 4.78 is 26.0. The van der Waals surface area contributed by atoms with Gasteiger partial charge in [-0.1, -0.05) is 30.5 Å². The first kappa shape index (κ1) is 22.7. The summed E-state index contributed by atoms with van der Waals surface area (Å²) in [6.45, 7) is 3.79. The average Bonchev–Trinajstić information content (AvgIpc) is 3.14. The molecule has 0 spiro atoms. The topological polar surface area (TPSA) is 116 Å². The molecule has 1 aromatic rings. The van der Waals surface area contributed by atoms with Crippen LogP contribution in [-0.2, 0) is 19.6 Å². The molecule has 2 unspecified atom stereocenters. The number of Topliss-reactive ketones (excluding diaryl/α,β-unsaturated/α-hetero) is 2. The van der Waals surface area contributed by atoms with Crippen LogP contribution in [0.3, 0.4) is 0 Å². The van der Waals surface area contributed by atoms with E-state index < -0.39 is 44.3 Å². The Labute approximate surface area is 181 Å². The van der Waals surface area contributed by atoms with Crippen molar-refractivity contribution in [2.24, 2.45) is 0 Å². The molecule has 2 fully saturated rings. The fraction of sp³-hybridized carbons (Fsp3) is 0.500. The van der Waals surface area contributed by atoms with E-state index in [1.807, 2.05) is 0 Å². The number of phenolic OH excluding ortho intramolecular Hbond substituents is 1. The minimum atomic E-state index is -4.03. The lowest BCUT2D eigenvalue weighted by molar-refractivity contribution is -0.146. The number of nitrogens with one attached hydrogen (secondary N) is 2. The fourth-order valence-corrected chi connectivity index (χ4v) is 5.61. The van der Waals surface area contributed by atoms with E-state index in [9.17, 15) is 23.1 Å². The van der Waals surface area contributed by atoms with Crippen molar-refractivity contribution in [3.8, 4) is 5.75 Å². The predicted octanol–water partition coefficient (Wildman–Crippen LogP) is 2.08. The standard InChI is InChI=1S/C20H26ClN3O5S/c1-4-9-20(10-5-6-11-20)23-15-14(17(26)18(15)27)22-13-8-7-12(21)19(16(13)25)30(28,29)24(2)3/h4,7-8,14-15,22-23,25H,1,5-6,9-11H2,2-3H3. The van der Waals surface area contributed by atoms with E-state index in [-0.39, 0.29) is 16.2 Å². The number of phenols is 1. The van der Waals surface area contributed by atoms with E-state index in [0.29, 0.717) is 6.42 Å². The van der Waals surface area contributed by atoms with Crippen LogP contribution in [0.1, 0.15) is 32.1 Å². The van der Waals surface area contributed by atoms with Gasteiger partial charge in [-0.05, 0) is 31.4 Å². The lowest BCUT2D eigenvalue weighted by Crippen LogP contribution is -2.70. The highest BCUT2D eigenvalue weighted by atomic mass is 35.5. The van der Waals surface area contributed by atoms with Gasteiger partial charge in [0.15, 0.2) is 5.75 Å². The molecular formula is C20H26ClN3O5S. The van der Waals surface area contributed by atoms with E-state index >= 15 is 0 Å². The number of sulfonamides is 1. The van der Waals surface area contributed by atoms with Crippen molar-refractivity contribution in [2.45, 2.75) is 54.6 Å². The van der Waals surface area contributed by atoms with Gasteiger partial charge in [0.05, 0.1) is 10.7 Å². The summed E-state index contributed by atoms with van der Waals surface area (Å²) in [6.07, 6.45) is 6.28. The van der Waals surface area contributed by atoms with Gasteiger partial charge in [0.2, 0.25) is 21.6 Å². The molecule has 2 saturated carbocycles. The summed E-state index contributed by atoms with van der Waals surface area (Å²) in [5, 5.41) is 16.6. The normalized spacial score (nSPS) is 23.5. The summed E-state index contributed by atoms with van der Waals surface area (Å²) >= 11 is 6.03. The first-order valence-electron chi connectivity index (χ1n) is 9.71. The molecule has 2 aliphatic carbocycles. The number of carbonyl (C=O) groups is 2. The van der Waals surface area contributed by atoms with Gasteiger partial charge in [-0.3, -0.25) is 14.9 Å². The maximum Gasteiger partial charge on any atom is 0.247 e. The molecule has 1 aromatic carbocycles. The van der Waals surface area contributed by atoms with Gasteiger partial charge in [0.1, 0.15) is 17.0 Å². The van der Waals surface area contributed by atoms with Gasteiger partial charge in [0.25, 0.3) is 0 Å². The molecule has 0 aromatic heterocycles. The van der Waals surface area contributed by atoms with E-state index in [1.165, 1.54) is 26.2 Å². The number of nitrogens with zero attached hydrogens (tertiary/aromatic N) is 1. The highest BCUT2D eigenvalue weighted by molar-refractivity contribution is 7.89. The largest absolute Gasteiger partial charge is 0.504 e. The van der Waals surface area contributed by atoms with Crippen LogP contribution in [0, 0.1) is 0 Å². The van der Waals surface area contributed by atoms with E-state index in [1.54, 1.807) is 6.08 Å². The quantitative estimate of drug-likeness (QED) is 0.312. The van der Waals surface area contributed by atoms with Crippen molar-refractivity contribution >= 4 is 38.9 Å². The number of benzene rings is 1. The van der Waals surface area contributed by atoms with Crippen molar-refractivity contribution in [1.82, 2.24) is 9.62 Å². The third-order valence-corrected chi connectivity index (χ3v) is 8.15. The predicted molar refractivity (Wildman–Crippen MR) is 114 cm³/mol. The summed E-state index contributed by atoms with van der Waals surface area (Å²) in [6, 6.07) is 1.03. The van der Waals surface area contributed by atoms with Crippen LogP contribution in [0.4, 0.5) is 5.69 Å². The first-order valence-corrected chi connectivity index (χ1v) is 11.5. The summed E-state index contributed by atoms with van der Waals surface area (Å²) in [5.74, 6) is -1.74. The Hall–Kier alpha value is -1.94. The zero-order valence-electron chi connectivity index (χ0n) is 16.9. The van der Waals surface area contributed by atoms with Crippen LogP contribution in [0.25, 0.3) is 0 Å². The van der Waals surface area contributed by atoms with Gasteiger partial charge in [-0.25, -0.2) is 12.7 Å². The molecule has 0 bridgehead atoms. The van der Waals surface area contributed by atoms with Crippen molar-refractivity contribution in [3.05, 3.63) is 29.8 Å². The van der Waals surface area contributed by atoms with E-state index in [2.05, 4.69) is 17.2 Å². The van der Waals surface area contributed by atoms with Gasteiger partial charge >= 0.3 is 0 Å². The van der Waals surface area contributed by atoms with Crippen molar-refractivity contribution < 1.29 is 23.1 Å². The molecule has 0 amide bonds. The molecule has 0 aliphatic heterocycles. The van der Waals surface area contributed by atoms with E-state index in [0.717, 1.165) is 30.0 Å². The molecule has 0 radical (unpaired) electrons. The number of hydrogen-bond acceptors (Lipinski definition) is 7. The van der Waals surface area contributed by atoms with Crippen molar-refractivity contribution in [3.63, 3.8) is 0 Å². The Balaban J connectivity index is 1.89. The molecule has 0 saturated heterocycles. The van der Waals surface area contributed by atoms with Gasteiger partial charge in [-0.15, -0.1) is 6.58 Å². The second-order valence-electron chi connectivity index (χ2n) is 8.01. The zero-order valence-corrected chi connectivity index (χ0v) is 18.5. The van der Waals surface area contributed by atoms with Gasteiger partial charge < -0.3 is 10.4 Å². The lowest BCUT2D eigenvalue weighted by Gasteiger charge is -2.41. The van der Waals surface area contributed by atoms with Crippen LogP contribution < -0.4 is 10.6 Å². The van der Waals surface area contributed by atoms with Crippen LogP contribution in [0.2, 0.25) is 5.02 Å². The van der Waals surface area contributed by atoms with Crippen molar-refractivity contribution in [1.29, 1.82) is 0 Å². The Morgan fingerprint density at radius 3 is 2.40 bits per heavy atom. The Bertz CT molecular complexity index is 986. The molecule has 30 heavy (non-hydrogen) atoms. The number of anilines is 1. The monoisotopic (exact) mass is 455 g/mol. The lowest BCUT2D eigenvalue weighted by atomic mass is 9.79. The average molecular weight is 456 g/mol. The second-order valence-corrected chi connectivity index (χ2v) is 10.5. The Kier molecular flexibility index (Phi) is 6.29. The van der Waals surface area contributed by atoms with Crippen LogP contribution in [0.5, 0.6) is 5.75 Å². The fourth-order valence-electron chi connectivity index (χ4n) is 4.13. The Morgan fingerprint density at radius 2 is 1.83 bits per heavy atom. The van der Waals surface area contributed by atoms with Gasteiger partial charge in [0, 0.05) is 19.6 Å². The molecule has 0 heterocycles. The van der Waals surface area contributed by atoms with Crippen LogP contribution in [-0.4, -0.2) is 61.1 Å². The molecule has 164 valence electrons. The minimum absolute atomic E-state index is 0.0154. The Morgan fingerprint density at radius 1 is 1.23 bits per heavy atom. The maximum atomic E-state index is 12.5. The maximum absolute atomic E-state index is 12.5. The van der Waals surface area contributed by atoms with Crippen LogP contribution >= 0.6 is 11.6 Å². The molecule has 3 rings (SSSR count). The highest BCUT2D eigenvalue weighted by Crippen LogP contribution is 2.40. The molecule has 2 aliphatic rings. The van der Waals surface area contributed by atoms with Crippen LogP contribution in [0.15, 0.2) is 29.7 Å². The molecule has 2 atom stereocenters. The van der Waals surface area contributed by atoms with Gasteiger partial charge in [-0.2, -0.15) is 0 Å². The van der Waals surface area contributed by atoms with E-state index in [4.69, 9.17) is 11.6 Å². The number of hydrogen-bond donors (Lipinski definition) is 3. The highest BCUT2D eigenvalue weighted by Gasteiger charge is 2.52. The number of carbonyl (C=O) groups excluding carboxylic acids is 2. The first-order chi connectivity index (χ1) is 14.0. The third kappa shape index (κ3) is 3.87. The number of ketones is 2. The number of halogens is 1. The molecule has 8 nitrogen and oxygen atoms in total. The number of aromatic hydroxyl groups is 1. The minimum Gasteiger partial charge on any atom is -0.504 e. The molecular weight excluding hydrogens is 430 g/mol. The second kappa shape index (κ2) is 8.30. The SMILES string of the molecule is C=CCC1(NC2C(=O)C(=O)C2Nc2ccc(Cl)c(S(=O)(=O)N(C)C)c2O)CCCC1. The zero-order chi connectivity index (χ0) is 22.3. The third-order valence-electron chi connectivity index (χ3n) is 5.83. The summed E-state index contributed by atoms with van der Waals surface area (Å²) in [4.78, 5) is 24.1. The smallest absolute Gasteiger partial charge is 0.247 e. The summed E-state index contributed by atoms with van der Waals surface area (Å²) in [5.41, 5.74) is -0.272. The molecule has 10 heteroatoms.